The summed E-state index contributed by atoms with van der Waals surface area (Å²) in [6, 6.07) is 12.8. The van der Waals surface area contributed by atoms with Crippen molar-refractivity contribution in [3.63, 3.8) is 0 Å². The summed E-state index contributed by atoms with van der Waals surface area (Å²) in [5.74, 6) is 0.402. The van der Waals surface area contributed by atoms with Crippen LogP contribution in [-0.4, -0.2) is 12.0 Å². The molecule has 0 saturated carbocycles. The number of benzene rings is 2. The van der Waals surface area contributed by atoms with Gasteiger partial charge in [0.2, 0.25) is 0 Å². The van der Waals surface area contributed by atoms with Crippen molar-refractivity contribution in [3.05, 3.63) is 58.1 Å². The summed E-state index contributed by atoms with van der Waals surface area (Å²) in [4.78, 5) is 12.5. The van der Waals surface area contributed by atoms with E-state index in [0.29, 0.717) is 27.9 Å². The Balaban J connectivity index is 2.08. The lowest BCUT2D eigenvalue weighted by Crippen LogP contribution is -2.32. The number of ether oxygens (including phenoxy) is 1. The van der Waals surface area contributed by atoms with E-state index in [9.17, 15) is 4.79 Å². The van der Waals surface area contributed by atoms with Crippen LogP contribution in [0.5, 0.6) is 5.75 Å². The van der Waals surface area contributed by atoms with Gasteiger partial charge in [-0.25, -0.2) is 0 Å². The van der Waals surface area contributed by atoms with Crippen LogP contribution in [0.15, 0.2) is 42.5 Å². The molecule has 0 aliphatic heterocycles. The highest BCUT2D eigenvalue weighted by molar-refractivity contribution is 6.35. The van der Waals surface area contributed by atoms with E-state index in [1.54, 1.807) is 18.2 Å². The molecule has 0 unspecified atom stereocenters. The Hall–Kier alpha value is -1.71. The van der Waals surface area contributed by atoms with E-state index in [2.05, 4.69) is 26.1 Å². The summed E-state index contributed by atoms with van der Waals surface area (Å²) >= 11 is 12.0. The van der Waals surface area contributed by atoms with E-state index in [0.717, 1.165) is 0 Å². The maximum Gasteiger partial charge on any atom is 0.265 e. The molecule has 0 fully saturated rings. The molecule has 1 atom stereocenters. The van der Waals surface area contributed by atoms with Gasteiger partial charge in [0.05, 0.1) is 10.7 Å². The van der Waals surface area contributed by atoms with Gasteiger partial charge in [-0.3, -0.25) is 4.79 Å². The Morgan fingerprint density at radius 3 is 2.32 bits per heavy atom. The number of halogens is 2. The average molecular weight is 380 g/mol. The Labute approximate surface area is 159 Å². The third-order valence-electron chi connectivity index (χ3n) is 3.85. The molecule has 0 radical (unpaired) electrons. The summed E-state index contributed by atoms with van der Waals surface area (Å²) in [7, 11) is 0. The summed E-state index contributed by atoms with van der Waals surface area (Å²) in [5, 5.41) is 3.72. The fourth-order valence-corrected chi connectivity index (χ4v) is 2.66. The normalized spacial score (nSPS) is 12.6. The van der Waals surface area contributed by atoms with Crippen molar-refractivity contribution in [2.45, 2.75) is 45.6 Å². The minimum Gasteiger partial charge on any atom is -0.481 e. The standard InChI is InChI=1S/C20H23Cl2NO2/c1-5-18(19(24)23-17-12-14(21)8-11-16(17)22)25-15-9-6-13(7-10-15)20(2,3)4/h6-12,18H,5H2,1-4H3,(H,23,24)/t18-/m1/s1. The monoisotopic (exact) mass is 379 g/mol. The number of carbonyl (C=O) groups is 1. The molecule has 2 aromatic rings. The summed E-state index contributed by atoms with van der Waals surface area (Å²) < 4.78 is 5.85. The van der Waals surface area contributed by atoms with Crippen molar-refractivity contribution in [1.29, 1.82) is 0 Å². The van der Waals surface area contributed by atoms with E-state index in [-0.39, 0.29) is 11.3 Å². The van der Waals surface area contributed by atoms with Crippen molar-refractivity contribution in [2.24, 2.45) is 0 Å². The van der Waals surface area contributed by atoms with E-state index in [1.165, 1.54) is 5.56 Å². The molecule has 134 valence electrons. The molecule has 2 rings (SSSR count). The third-order valence-corrected chi connectivity index (χ3v) is 4.41. The van der Waals surface area contributed by atoms with E-state index in [4.69, 9.17) is 27.9 Å². The van der Waals surface area contributed by atoms with Crippen LogP contribution in [-0.2, 0) is 10.2 Å². The zero-order valence-corrected chi connectivity index (χ0v) is 16.4. The maximum atomic E-state index is 12.5. The maximum absolute atomic E-state index is 12.5. The molecule has 5 heteroatoms. The first kappa shape index (κ1) is 19.6. The third kappa shape index (κ3) is 5.38. The van der Waals surface area contributed by atoms with Gasteiger partial charge in [-0.2, -0.15) is 0 Å². The van der Waals surface area contributed by atoms with Crippen molar-refractivity contribution < 1.29 is 9.53 Å². The average Bonchev–Trinajstić information content (AvgIpc) is 2.55. The molecule has 3 nitrogen and oxygen atoms in total. The van der Waals surface area contributed by atoms with Gasteiger partial charge in [0, 0.05) is 5.02 Å². The highest BCUT2D eigenvalue weighted by Crippen LogP contribution is 2.27. The first-order chi connectivity index (χ1) is 11.7. The Bertz CT molecular complexity index is 736. The second-order valence-corrected chi connectivity index (χ2v) is 7.75. The quantitative estimate of drug-likeness (QED) is 0.682. The van der Waals surface area contributed by atoms with Gasteiger partial charge in [0.1, 0.15) is 5.75 Å². The molecule has 0 heterocycles. The van der Waals surface area contributed by atoms with Gasteiger partial charge in [0.25, 0.3) is 5.91 Å². The molecule has 0 bridgehead atoms. The van der Waals surface area contributed by atoms with Crippen LogP contribution in [0.2, 0.25) is 10.0 Å². The predicted octanol–water partition coefficient (Wildman–Crippen LogP) is 6.09. The van der Waals surface area contributed by atoms with Crippen LogP contribution in [0.1, 0.15) is 39.7 Å². The highest BCUT2D eigenvalue weighted by Gasteiger charge is 2.20. The number of hydrogen-bond donors (Lipinski definition) is 1. The molecular formula is C20H23Cl2NO2. The number of nitrogens with one attached hydrogen (secondary N) is 1. The van der Waals surface area contributed by atoms with Crippen molar-refractivity contribution in [2.75, 3.05) is 5.32 Å². The van der Waals surface area contributed by atoms with Gasteiger partial charge < -0.3 is 10.1 Å². The minimum atomic E-state index is -0.615. The lowest BCUT2D eigenvalue weighted by Gasteiger charge is -2.21. The SMILES string of the molecule is CC[C@@H](Oc1ccc(C(C)(C)C)cc1)C(=O)Nc1cc(Cl)ccc1Cl. The van der Waals surface area contributed by atoms with Gasteiger partial charge >= 0.3 is 0 Å². The van der Waals surface area contributed by atoms with E-state index >= 15 is 0 Å². The zero-order chi connectivity index (χ0) is 18.6. The number of rotatable bonds is 5. The summed E-state index contributed by atoms with van der Waals surface area (Å²) in [5.41, 5.74) is 1.76. The molecular weight excluding hydrogens is 357 g/mol. The zero-order valence-electron chi connectivity index (χ0n) is 14.9. The molecule has 1 N–H and O–H groups in total. The van der Waals surface area contributed by atoms with Gasteiger partial charge in [0.15, 0.2) is 6.10 Å². The Kier molecular flexibility index (Phi) is 6.36. The first-order valence-electron chi connectivity index (χ1n) is 8.24. The predicted molar refractivity (Wildman–Crippen MR) is 105 cm³/mol. The molecule has 1 amide bonds. The smallest absolute Gasteiger partial charge is 0.265 e. The van der Waals surface area contributed by atoms with Crippen molar-refractivity contribution in [1.82, 2.24) is 0 Å². The van der Waals surface area contributed by atoms with Crippen LogP contribution in [0.25, 0.3) is 0 Å². The Morgan fingerprint density at radius 1 is 1.12 bits per heavy atom. The highest BCUT2D eigenvalue weighted by atomic mass is 35.5. The van der Waals surface area contributed by atoms with Gasteiger partial charge in [-0.1, -0.05) is 63.0 Å². The Morgan fingerprint density at radius 2 is 1.76 bits per heavy atom. The van der Waals surface area contributed by atoms with E-state index in [1.807, 2.05) is 31.2 Å². The second kappa shape index (κ2) is 8.11. The first-order valence-corrected chi connectivity index (χ1v) is 8.99. The number of anilines is 1. The number of carbonyl (C=O) groups excluding carboxylic acids is 1. The summed E-state index contributed by atoms with van der Waals surface area (Å²) in [6.07, 6.45) is -0.0825. The summed E-state index contributed by atoms with van der Waals surface area (Å²) in [6.45, 7) is 8.35. The number of amides is 1. The van der Waals surface area contributed by atoms with Crippen molar-refractivity contribution in [3.8, 4) is 5.75 Å². The second-order valence-electron chi connectivity index (χ2n) is 6.90. The lowest BCUT2D eigenvalue weighted by molar-refractivity contribution is -0.122. The molecule has 0 spiro atoms. The number of hydrogen-bond acceptors (Lipinski definition) is 2. The molecule has 25 heavy (non-hydrogen) atoms. The molecule has 0 saturated heterocycles. The van der Waals surface area contributed by atoms with Crippen LogP contribution < -0.4 is 10.1 Å². The molecule has 0 aliphatic rings. The lowest BCUT2D eigenvalue weighted by atomic mass is 9.87. The fourth-order valence-electron chi connectivity index (χ4n) is 2.33. The fraction of sp³-hybridized carbons (Fsp3) is 0.350. The van der Waals surface area contributed by atoms with E-state index < -0.39 is 6.10 Å². The topological polar surface area (TPSA) is 38.3 Å². The molecule has 0 aromatic heterocycles. The minimum absolute atomic E-state index is 0.0728. The van der Waals surface area contributed by atoms with Gasteiger partial charge in [-0.15, -0.1) is 0 Å². The van der Waals surface area contributed by atoms with Crippen LogP contribution in [0.4, 0.5) is 5.69 Å². The van der Waals surface area contributed by atoms with Crippen molar-refractivity contribution >= 4 is 34.8 Å². The molecule has 2 aromatic carbocycles. The molecule has 0 aliphatic carbocycles. The van der Waals surface area contributed by atoms with Gasteiger partial charge in [-0.05, 0) is 47.7 Å². The van der Waals surface area contributed by atoms with Crippen LogP contribution in [0, 0.1) is 0 Å². The largest absolute Gasteiger partial charge is 0.481 e. The van der Waals surface area contributed by atoms with Crippen LogP contribution >= 0.6 is 23.2 Å². The van der Waals surface area contributed by atoms with Crippen LogP contribution in [0.3, 0.4) is 0 Å².